The minimum absolute atomic E-state index is 0. The third-order valence-electron chi connectivity index (χ3n) is 3.23. The number of ether oxygens (including phenoxy) is 1. The van der Waals surface area contributed by atoms with E-state index in [0.29, 0.717) is 19.6 Å². The monoisotopic (exact) mass is 328 g/mol. The lowest BCUT2D eigenvalue weighted by atomic mass is 9.87. The summed E-state index contributed by atoms with van der Waals surface area (Å²) >= 11 is 0. The molecule has 0 heterocycles. The van der Waals surface area contributed by atoms with Crippen LogP contribution in [0.4, 0.5) is 0 Å². The highest BCUT2D eigenvalue weighted by Crippen LogP contribution is 2.24. The molecule has 22 heavy (non-hydrogen) atoms. The Morgan fingerprint density at radius 2 is 1.77 bits per heavy atom. The quantitative estimate of drug-likeness (QED) is 0.721. The maximum absolute atomic E-state index is 11.5. The van der Waals surface area contributed by atoms with E-state index in [1.54, 1.807) is 0 Å². The molecular weight excluding hydrogens is 300 g/mol. The Hall–Kier alpha value is -1.26. The van der Waals surface area contributed by atoms with Gasteiger partial charge < -0.3 is 15.4 Å². The molecule has 1 aromatic carbocycles. The van der Waals surface area contributed by atoms with Crippen LogP contribution in [0.3, 0.4) is 0 Å². The fourth-order valence-corrected chi connectivity index (χ4v) is 1.89. The molecule has 0 aliphatic rings. The molecule has 0 radical (unpaired) electrons. The molecule has 0 unspecified atom stereocenters. The summed E-state index contributed by atoms with van der Waals surface area (Å²) in [6, 6.07) is 8.18. The predicted molar refractivity (Wildman–Crippen MR) is 94.1 cm³/mol. The highest BCUT2D eigenvalue weighted by molar-refractivity contribution is 5.85. The zero-order chi connectivity index (χ0) is 15.7. The van der Waals surface area contributed by atoms with Crippen LogP contribution in [0.15, 0.2) is 24.3 Å². The van der Waals surface area contributed by atoms with Gasteiger partial charge in [-0.1, -0.05) is 32.9 Å². The predicted octanol–water partition coefficient (Wildman–Crippen LogP) is 2.90. The van der Waals surface area contributed by atoms with Crippen LogP contribution in [0, 0.1) is 0 Å². The van der Waals surface area contributed by atoms with Gasteiger partial charge in [0.25, 0.3) is 0 Å². The van der Waals surface area contributed by atoms with E-state index in [4.69, 9.17) is 4.74 Å². The number of nitrogens with one attached hydrogen (secondary N) is 2. The molecule has 1 amide bonds. The Bertz CT molecular complexity index is 427. The van der Waals surface area contributed by atoms with Gasteiger partial charge in [0, 0.05) is 19.5 Å². The van der Waals surface area contributed by atoms with Crippen molar-refractivity contribution in [3.8, 4) is 5.75 Å². The Balaban J connectivity index is 0.00000441. The number of amides is 1. The van der Waals surface area contributed by atoms with E-state index in [1.165, 1.54) is 5.56 Å². The first-order valence-electron chi connectivity index (χ1n) is 7.58. The second kappa shape index (κ2) is 10.5. The SMILES string of the molecule is CNCCNC(=O)CCCOc1ccc(C(C)(C)C)cc1.Cl. The number of carbonyl (C=O) groups excluding carboxylic acids is 1. The lowest BCUT2D eigenvalue weighted by molar-refractivity contribution is -0.121. The van der Waals surface area contributed by atoms with E-state index < -0.39 is 0 Å². The van der Waals surface area contributed by atoms with Gasteiger partial charge in [-0.15, -0.1) is 12.4 Å². The molecule has 4 nitrogen and oxygen atoms in total. The third-order valence-corrected chi connectivity index (χ3v) is 3.23. The molecule has 2 N–H and O–H groups in total. The molecule has 126 valence electrons. The number of rotatable bonds is 8. The number of halogens is 1. The molecular formula is C17H29ClN2O2. The number of carbonyl (C=O) groups is 1. The highest BCUT2D eigenvalue weighted by atomic mass is 35.5. The van der Waals surface area contributed by atoms with Crippen LogP contribution in [0.5, 0.6) is 5.75 Å². The van der Waals surface area contributed by atoms with Gasteiger partial charge in [0.15, 0.2) is 0 Å². The number of likely N-dealkylation sites (N-methyl/N-ethyl adjacent to an activating group) is 1. The average molecular weight is 329 g/mol. The van der Waals surface area contributed by atoms with Gasteiger partial charge in [0.05, 0.1) is 6.61 Å². The molecule has 0 aromatic heterocycles. The van der Waals surface area contributed by atoms with Crippen LogP contribution in [0.25, 0.3) is 0 Å². The lowest BCUT2D eigenvalue weighted by Gasteiger charge is -2.19. The summed E-state index contributed by atoms with van der Waals surface area (Å²) in [6.45, 7) is 8.60. The zero-order valence-electron chi connectivity index (χ0n) is 14.1. The number of benzene rings is 1. The van der Waals surface area contributed by atoms with Crippen molar-refractivity contribution in [2.75, 3.05) is 26.7 Å². The van der Waals surface area contributed by atoms with E-state index in [9.17, 15) is 4.79 Å². The summed E-state index contributed by atoms with van der Waals surface area (Å²) < 4.78 is 5.66. The van der Waals surface area contributed by atoms with Crippen molar-refractivity contribution in [2.45, 2.75) is 39.0 Å². The molecule has 1 rings (SSSR count). The maximum Gasteiger partial charge on any atom is 0.220 e. The summed E-state index contributed by atoms with van der Waals surface area (Å²) in [6.07, 6.45) is 1.23. The first-order chi connectivity index (χ1) is 9.93. The first kappa shape index (κ1) is 20.7. The normalized spacial score (nSPS) is 10.7. The van der Waals surface area contributed by atoms with E-state index in [2.05, 4.69) is 43.5 Å². The summed E-state index contributed by atoms with van der Waals surface area (Å²) in [7, 11) is 1.87. The fourth-order valence-electron chi connectivity index (χ4n) is 1.89. The second-order valence-corrected chi connectivity index (χ2v) is 6.18. The Morgan fingerprint density at radius 1 is 1.14 bits per heavy atom. The molecule has 0 atom stereocenters. The fraction of sp³-hybridized carbons (Fsp3) is 0.588. The highest BCUT2D eigenvalue weighted by Gasteiger charge is 2.12. The van der Waals surface area contributed by atoms with Crippen LogP contribution in [0.1, 0.15) is 39.2 Å². The molecule has 1 aromatic rings. The van der Waals surface area contributed by atoms with Crippen molar-refractivity contribution in [3.63, 3.8) is 0 Å². The molecule has 0 aliphatic carbocycles. The van der Waals surface area contributed by atoms with Crippen LogP contribution >= 0.6 is 12.4 Å². The number of hydrogen-bond donors (Lipinski definition) is 2. The second-order valence-electron chi connectivity index (χ2n) is 6.18. The summed E-state index contributed by atoms with van der Waals surface area (Å²) in [5.74, 6) is 0.940. The smallest absolute Gasteiger partial charge is 0.220 e. The van der Waals surface area contributed by atoms with Gasteiger partial charge in [-0.2, -0.15) is 0 Å². The van der Waals surface area contributed by atoms with Crippen LogP contribution in [0.2, 0.25) is 0 Å². The first-order valence-corrected chi connectivity index (χ1v) is 7.58. The molecule has 0 bridgehead atoms. The molecule has 0 fully saturated rings. The Kier molecular flexibility index (Phi) is 9.86. The van der Waals surface area contributed by atoms with Gasteiger partial charge in [0.1, 0.15) is 5.75 Å². The molecule has 5 heteroatoms. The van der Waals surface area contributed by atoms with Gasteiger partial charge >= 0.3 is 0 Å². The van der Waals surface area contributed by atoms with Crippen LogP contribution < -0.4 is 15.4 Å². The molecule has 0 spiro atoms. The van der Waals surface area contributed by atoms with Crippen molar-refractivity contribution in [1.29, 1.82) is 0 Å². The standard InChI is InChI=1S/C17H28N2O2.ClH/c1-17(2,3)14-7-9-15(10-8-14)21-13-5-6-16(20)19-12-11-18-4;/h7-10,18H,5-6,11-13H2,1-4H3,(H,19,20);1H. The zero-order valence-corrected chi connectivity index (χ0v) is 14.9. The van der Waals surface area contributed by atoms with Crippen LogP contribution in [-0.2, 0) is 10.2 Å². The Labute approximate surface area is 140 Å². The minimum Gasteiger partial charge on any atom is -0.494 e. The third kappa shape index (κ3) is 8.25. The molecule has 0 saturated carbocycles. The van der Waals surface area contributed by atoms with Crippen molar-refractivity contribution >= 4 is 18.3 Å². The van der Waals surface area contributed by atoms with Gasteiger partial charge in [-0.05, 0) is 36.6 Å². The summed E-state index contributed by atoms with van der Waals surface area (Å²) in [4.78, 5) is 11.5. The average Bonchev–Trinajstić information content (AvgIpc) is 2.43. The van der Waals surface area contributed by atoms with Gasteiger partial charge in [-0.25, -0.2) is 0 Å². The van der Waals surface area contributed by atoms with Crippen molar-refractivity contribution in [3.05, 3.63) is 29.8 Å². The van der Waals surface area contributed by atoms with Crippen molar-refractivity contribution in [1.82, 2.24) is 10.6 Å². The van der Waals surface area contributed by atoms with Gasteiger partial charge in [0.2, 0.25) is 5.91 Å². The number of hydrogen-bond acceptors (Lipinski definition) is 3. The topological polar surface area (TPSA) is 50.4 Å². The van der Waals surface area contributed by atoms with E-state index in [-0.39, 0.29) is 23.7 Å². The Morgan fingerprint density at radius 3 is 2.32 bits per heavy atom. The van der Waals surface area contributed by atoms with Crippen molar-refractivity contribution in [2.24, 2.45) is 0 Å². The van der Waals surface area contributed by atoms with E-state index in [1.807, 2.05) is 19.2 Å². The van der Waals surface area contributed by atoms with Crippen LogP contribution in [-0.4, -0.2) is 32.7 Å². The van der Waals surface area contributed by atoms with E-state index in [0.717, 1.165) is 18.7 Å². The summed E-state index contributed by atoms with van der Waals surface area (Å²) in [5.41, 5.74) is 1.45. The van der Waals surface area contributed by atoms with E-state index >= 15 is 0 Å². The largest absolute Gasteiger partial charge is 0.494 e. The molecule has 0 saturated heterocycles. The summed E-state index contributed by atoms with van der Waals surface area (Å²) in [5, 5.41) is 5.84. The minimum atomic E-state index is 0. The van der Waals surface area contributed by atoms with Gasteiger partial charge in [-0.3, -0.25) is 4.79 Å². The van der Waals surface area contributed by atoms with Crippen molar-refractivity contribution < 1.29 is 9.53 Å². The maximum atomic E-state index is 11.5. The lowest BCUT2D eigenvalue weighted by Crippen LogP contribution is -2.30. The molecule has 0 aliphatic heterocycles.